The number of aromatic nitrogens is 1. The number of piperazine rings is 1. The van der Waals surface area contributed by atoms with E-state index in [0.29, 0.717) is 38.7 Å². The molecule has 0 radical (unpaired) electrons. The van der Waals surface area contributed by atoms with E-state index in [4.69, 9.17) is 0 Å². The summed E-state index contributed by atoms with van der Waals surface area (Å²) in [7, 11) is -1.63. The van der Waals surface area contributed by atoms with Crippen molar-refractivity contribution >= 4 is 21.8 Å². The zero-order valence-electron chi connectivity index (χ0n) is 17.4. The summed E-state index contributed by atoms with van der Waals surface area (Å²) >= 11 is 0. The van der Waals surface area contributed by atoms with Gasteiger partial charge in [-0.05, 0) is 24.1 Å². The van der Waals surface area contributed by atoms with Crippen molar-refractivity contribution in [2.24, 2.45) is 4.99 Å². The van der Waals surface area contributed by atoms with Crippen LogP contribution in [0.1, 0.15) is 5.56 Å². The molecule has 1 aliphatic rings. The lowest BCUT2D eigenvalue weighted by molar-refractivity contribution is 0.384. The van der Waals surface area contributed by atoms with Gasteiger partial charge >= 0.3 is 0 Å². The Bertz CT molecular complexity index is 898. The van der Waals surface area contributed by atoms with Crippen LogP contribution in [0.5, 0.6) is 0 Å². The number of benzene rings is 1. The fourth-order valence-corrected chi connectivity index (χ4v) is 4.69. The highest BCUT2D eigenvalue weighted by Gasteiger charge is 2.27. The van der Waals surface area contributed by atoms with E-state index in [2.05, 4.69) is 37.6 Å². The molecule has 2 heterocycles. The van der Waals surface area contributed by atoms with Crippen LogP contribution in [0.25, 0.3) is 0 Å². The summed E-state index contributed by atoms with van der Waals surface area (Å²) in [5, 5.41) is 6.32. The highest BCUT2D eigenvalue weighted by atomic mass is 32.2. The van der Waals surface area contributed by atoms with Crippen LogP contribution >= 0.6 is 0 Å². The van der Waals surface area contributed by atoms with Gasteiger partial charge in [-0.3, -0.25) is 4.99 Å². The molecular formula is C21H30N6O2S. The molecule has 9 heteroatoms. The Morgan fingerprint density at radius 1 is 1.00 bits per heavy atom. The maximum absolute atomic E-state index is 12.7. The van der Waals surface area contributed by atoms with Crippen LogP contribution in [-0.4, -0.2) is 75.7 Å². The first kappa shape index (κ1) is 22.0. The first-order valence-electron chi connectivity index (χ1n) is 10.2. The molecule has 0 unspecified atom stereocenters. The molecule has 2 N–H and O–H groups in total. The smallest absolute Gasteiger partial charge is 0.215 e. The Balaban J connectivity index is 1.39. The molecule has 0 saturated carbocycles. The molecule has 30 heavy (non-hydrogen) atoms. The third kappa shape index (κ3) is 6.43. The molecule has 0 atom stereocenters. The van der Waals surface area contributed by atoms with Crippen LogP contribution < -0.4 is 15.5 Å². The number of hydrogen-bond acceptors (Lipinski definition) is 5. The predicted molar refractivity (Wildman–Crippen MR) is 121 cm³/mol. The second kappa shape index (κ2) is 10.9. The van der Waals surface area contributed by atoms with Crippen molar-refractivity contribution in [3.8, 4) is 0 Å². The van der Waals surface area contributed by atoms with Gasteiger partial charge in [0.1, 0.15) is 5.82 Å². The summed E-state index contributed by atoms with van der Waals surface area (Å²) in [6.45, 7) is 3.28. The monoisotopic (exact) mass is 430 g/mol. The molecule has 1 aromatic carbocycles. The van der Waals surface area contributed by atoms with E-state index in [0.717, 1.165) is 18.8 Å². The summed E-state index contributed by atoms with van der Waals surface area (Å²) in [6, 6.07) is 16.0. The predicted octanol–water partition coefficient (Wildman–Crippen LogP) is 0.941. The first-order chi connectivity index (χ1) is 14.6. The van der Waals surface area contributed by atoms with E-state index in [1.54, 1.807) is 17.5 Å². The number of sulfonamides is 1. The normalized spacial score (nSPS) is 15.8. The minimum absolute atomic E-state index is 0.0377. The van der Waals surface area contributed by atoms with Crippen molar-refractivity contribution in [1.82, 2.24) is 19.9 Å². The molecule has 0 bridgehead atoms. The van der Waals surface area contributed by atoms with Gasteiger partial charge in [-0.15, -0.1) is 0 Å². The van der Waals surface area contributed by atoms with Crippen molar-refractivity contribution in [2.75, 3.05) is 57.0 Å². The molecule has 0 aliphatic carbocycles. The highest BCUT2D eigenvalue weighted by Crippen LogP contribution is 2.14. The third-order valence-corrected chi connectivity index (χ3v) is 6.90. The maximum atomic E-state index is 12.7. The van der Waals surface area contributed by atoms with E-state index in [9.17, 15) is 8.42 Å². The van der Waals surface area contributed by atoms with Crippen LogP contribution in [0.4, 0.5) is 5.82 Å². The summed E-state index contributed by atoms with van der Waals surface area (Å²) < 4.78 is 26.9. The molecule has 3 rings (SSSR count). The maximum Gasteiger partial charge on any atom is 0.215 e. The molecule has 1 aliphatic heterocycles. The van der Waals surface area contributed by atoms with Gasteiger partial charge < -0.3 is 15.5 Å². The summed E-state index contributed by atoms with van der Waals surface area (Å²) in [6.07, 6.45) is 2.63. The molecule has 0 amide bonds. The standard InChI is InChI=1S/C21H30N6O2S/c1-22-21(24-12-10-19-7-3-2-4-8-19)25-13-18-30(28,29)27-16-14-26(15-17-27)20-9-5-6-11-23-20/h2-9,11H,10,12-18H2,1H3,(H2,22,24,25). The Morgan fingerprint density at radius 2 is 1.70 bits per heavy atom. The number of nitrogens with one attached hydrogen (secondary N) is 2. The molecule has 2 aromatic rings. The lowest BCUT2D eigenvalue weighted by atomic mass is 10.1. The topological polar surface area (TPSA) is 89.9 Å². The fraction of sp³-hybridized carbons (Fsp3) is 0.429. The molecular weight excluding hydrogens is 400 g/mol. The lowest BCUT2D eigenvalue weighted by Crippen LogP contribution is -2.50. The van der Waals surface area contributed by atoms with Crippen LogP contribution in [0, 0.1) is 0 Å². The summed E-state index contributed by atoms with van der Waals surface area (Å²) in [5.74, 6) is 1.54. The minimum Gasteiger partial charge on any atom is -0.356 e. The minimum atomic E-state index is -3.32. The largest absolute Gasteiger partial charge is 0.356 e. The zero-order valence-corrected chi connectivity index (χ0v) is 18.2. The molecule has 162 valence electrons. The van der Waals surface area contributed by atoms with Crippen LogP contribution in [-0.2, 0) is 16.4 Å². The Hall–Kier alpha value is -2.65. The number of nitrogens with zero attached hydrogens (tertiary/aromatic N) is 4. The van der Waals surface area contributed by atoms with Gasteiger partial charge in [0.15, 0.2) is 5.96 Å². The van der Waals surface area contributed by atoms with E-state index in [1.807, 2.05) is 36.4 Å². The van der Waals surface area contributed by atoms with Gasteiger partial charge in [0.2, 0.25) is 10.0 Å². The van der Waals surface area contributed by atoms with Crippen LogP contribution in [0.15, 0.2) is 59.7 Å². The lowest BCUT2D eigenvalue weighted by Gasteiger charge is -2.34. The van der Waals surface area contributed by atoms with E-state index in [-0.39, 0.29) is 5.75 Å². The van der Waals surface area contributed by atoms with Crippen molar-refractivity contribution in [1.29, 1.82) is 0 Å². The summed E-state index contributed by atoms with van der Waals surface area (Å²) in [5.41, 5.74) is 1.24. The zero-order chi connectivity index (χ0) is 21.2. The van der Waals surface area contributed by atoms with Gasteiger partial charge in [-0.25, -0.2) is 13.4 Å². The number of rotatable bonds is 8. The third-order valence-electron chi connectivity index (χ3n) is 5.03. The van der Waals surface area contributed by atoms with Crippen molar-refractivity contribution in [2.45, 2.75) is 6.42 Å². The van der Waals surface area contributed by atoms with Crippen molar-refractivity contribution in [3.63, 3.8) is 0 Å². The Morgan fingerprint density at radius 3 is 2.37 bits per heavy atom. The number of aliphatic imine (C=N–C) groups is 1. The van der Waals surface area contributed by atoms with Gasteiger partial charge in [0.25, 0.3) is 0 Å². The van der Waals surface area contributed by atoms with Crippen LogP contribution in [0.2, 0.25) is 0 Å². The molecule has 1 aromatic heterocycles. The van der Waals surface area contributed by atoms with Crippen molar-refractivity contribution in [3.05, 3.63) is 60.3 Å². The first-order valence-corrected chi connectivity index (χ1v) is 11.8. The number of anilines is 1. The average Bonchev–Trinajstić information content (AvgIpc) is 2.79. The Kier molecular flexibility index (Phi) is 8.04. The fourth-order valence-electron chi connectivity index (χ4n) is 3.35. The molecule has 8 nitrogen and oxygen atoms in total. The number of hydrogen-bond donors (Lipinski definition) is 2. The van der Waals surface area contributed by atoms with Crippen molar-refractivity contribution < 1.29 is 8.42 Å². The van der Waals surface area contributed by atoms with Gasteiger partial charge in [0, 0.05) is 52.5 Å². The molecule has 0 spiro atoms. The average molecular weight is 431 g/mol. The van der Waals surface area contributed by atoms with E-state index in [1.165, 1.54) is 5.56 Å². The SMILES string of the molecule is CN=C(NCCc1ccccc1)NCCS(=O)(=O)N1CCN(c2ccccn2)CC1. The highest BCUT2D eigenvalue weighted by molar-refractivity contribution is 7.89. The second-order valence-corrected chi connectivity index (χ2v) is 9.14. The quantitative estimate of drug-likeness (QED) is 0.479. The van der Waals surface area contributed by atoms with E-state index >= 15 is 0 Å². The van der Waals surface area contributed by atoms with Crippen LogP contribution in [0.3, 0.4) is 0 Å². The molecule has 1 fully saturated rings. The Labute approximate surface area is 179 Å². The van der Waals surface area contributed by atoms with Gasteiger partial charge in [0.05, 0.1) is 5.75 Å². The van der Waals surface area contributed by atoms with Gasteiger partial charge in [-0.1, -0.05) is 36.4 Å². The summed E-state index contributed by atoms with van der Waals surface area (Å²) in [4.78, 5) is 10.6. The number of guanidine groups is 1. The van der Waals surface area contributed by atoms with Gasteiger partial charge in [-0.2, -0.15) is 4.31 Å². The number of pyridine rings is 1. The molecule has 1 saturated heterocycles. The van der Waals surface area contributed by atoms with E-state index < -0.39 is 10.0 Å². The second-order valence-electron chi connectivity index (χ2n) is 7.05.